The lowest BCUT2D eigenvalue weighted by Gasteiger charge is -2.14. The van der Waals surface area contributed by atoms with Gasteiger partial charge in [0.15, 0.2) is 0 Å². The molecule has 4 heteroatoms. The zero-order valence-electron chi connectivity index (χ0n) is 14.0. The summed E-state index contributed by atoms with van der Waals surface area (Å²) in [5, 5.41) is 0. The molecule has 0 saturated heterocycles. The van der Waals surface area contributed by atoms with Gasteiger partial charge in [-0.1, -0.05) is 42.3 Å². The van der Waals surface area contributed by atoms with Crippen LogP contribution >= 0.6 is 24.1 Å². The lowest BCUT2D eigenvalue weighted by Crippen LogP contribution is -2.11. The average Bonchev–Trinajstić information content (AvgIpc) is 2.57. The molecule has 2 aromatic carbocycles. The van der Waals surface area contributed by atoms with Crippen molar-refractivity contribution in [2.45, 2.75) is 37.0 Å². The highest BCUT2D eigenvalue weighted by Crippen LogP contribution is 2.23. The minimum absolute atomic E-state index is 0.408. The number of benzene rings is 2. The van der Waals surface area contributed by atoms with E-state index in [0.29, 0.717) is 19.1 Å². The van der Waals surface area contributed by atoms with Crippen molar-refractivity contribution in [1.82, 2.24) is 0 Å². The third-order valence-corrected chi connectivity index (χ3v) is 4.97. The SMILES string of the molecule is CCC(COSc1ccc(C)cc1)COSc1ccc(C)cc1. The van der Waals surface area contributed by atoms with Gasteiger partial charge in [0.05, 0.1) is 13.2 Å². The van der Waals surface area contributed by atoms with Gasteiger partial charge in [0.25, 0.3) is 0 Å². The van der Waals surface area contributed by atoms with Gasteiger partial charge in [-0.05, 0) is 44.5 Å². The van der Waals surface area contributed by atoms with E-state index in [1.807, 2.05) is 0 Å². The maximum atomic E-state index is 5.76. The van der Waals surface area contributed by atoms with Crippen LogP contribution in [0.2, 0.25) is 0 Å². The number of rotatable bonds is 9. The van der Waals surface area contributed by atoms with Crippen molar-refractivity contribution in [3.05, 3.63) is 59.7 Å². The molecule has 0 aliphatic heterocycles. The summed E-state index contributed by atoms with van der Waals surface area (Å²) in [4.78, 5) is 2.28. The molecule has 2 nitrogen and oxygen atoms in total. The first kappa shape index (κ1) is 18.4. The molecule has 0 amide bonds. The first-order chi connectivity index (χ1) is 11.2. The molecule has 0 aliphatic carbocycles. The van der Waals surface area contributed by atoms with E-state index in [2.05, 4.69) is 69.3 Å². The average molecular weight is 349 g/mol. The van der Waals surface area contributed by atoms with Crippen LogP contribution in [-0.2, 0) is 8.37 Å². The van der Waals surface area contributed by atoms with Crippen molar-refractivity contribution in [3.8, 4) is 0 Å². The summed E-state index contributed by atoms with van der Waals surface area (Å²) in [5.41, 5.74) is 2.53. The van der Waals surface area contributed by atoms with Crippen molar-refractivity contribution in [3.63, 3.8) is 0 Å². The highest BCUT2D eigenvalue weighted by atomic mass is 32.2. The van der Waals surface area contributed by atoms with Gasteiger partial charge in [-0.3, -0.25) is 0 Å². The normalized spacial score (nSPS) is 11.1. The highest BCUT2D eigenvalue weighted by molar-refractivity contribution is 7.95. The maximum absolute atomic E-state index is 5.76. The number of hydrogen-bond acceptors (Lipinski definition) is 4. The van der Waals surface area contributed by atoms with Gasteiger partial charge in [-0.2, -0.15) is 0 Å². The van der Waals surface area contributed by atoms with Crippen molar-refractivity contribution in [2.24, 2.45) is 5.92 Å². The Bertz CT molecular complexity index is 515. The number of hydrogen-bond donors (Lipinski definition) is 0. The van der Waals surface area contributed by atoms with Crippen LogP contribution in [0.25, 0.3) is 0 Å². The standard InChI is InChI=1S/C19H24O2S2/c1-4-17(13-20-22-18-9-5-15(2)6-10-18)14-21-23-19-11-7-16(3)8-12-19/h5-12,17H,4,13-14H2,1-3H3. The fourth-order valence-corrected chi connectivity index (χ4v) is 3.16. The van der Waals surface area contributed by atoms with E-state index in [-0.39, 0.29) is 0 Å². The third kappa shape index (κ3) is 7.00. The lowest BCUT2D eigenvalue weighted by atomic mass is 10.1. The van der Waals surface area contributed by atoms with E-state index >= 15 is 0 Å². The van der Waals surface area contributed by atoms with Crippen LogP contribution in [0.4, 0.5) is 0 Å². The molecule has 0 spiro atoms. The fourth-order valence-electron chi connectivity index (χ4n) is 1.87. The lowest BCUT2D eigenvalue weighted by molar-refractivity contribution is 0.207. The Morgan fingerprint density at radius 3 is 1.48 bits per heavy atom. The van der Waals surface area contributed by atoms with Crippen LogP contribution in [-0.4, -0.2) is 13.2 Å². The Morgan fingerprint density at radius 1 is 0.739 bits per heavy atom. The second-order valence-electron chi connectivity index (χ2n) is 5.64. The van der Waals surface area contributed by atoms with Crippen molar-refractivity contribution in [2.75, 3.05) is 13.2 Å². The summed E-state index contributed by atoms with van der Waals surface area (Å²) in [7, 11) is 0. The quantitative estimate of drug-likeness (QED) is 0.511. The monoisotopic (exact) mass is 348 g/mol. The minimum atomic E-state index is 0.408. The van der Waals surface area contributed by atoms with Gasteiger partial charge in [-0.25, -0.2) is 0 Å². The summed E-state index contributed by atoms with van der Waals surface area (Å²) in [6.45, 7) is 7.74. The molecule has 2 rings (SSSR count). The molecule has 0 bridgehead atoms. The molecule has 0 saturated carbocycles. The summed E-state index contributed by atoms with van der Waals surface area (Å²) >= 11 is 2.88. The van der Waals surface area contributed by atoms with Crippen LogP contribution < -0.4 is 0 Å². The van der Waals surface area contributed by atoms with E-state index in [4.69, 9.17) is 8.37 Å². The molecule has 124 valence electrons. The Balaban J connectivity index is 1.66. The van der Waals surface area contributed by atoms with Crippen LogP contribution in [0.3, 0.4) is 0 Å². The largest absolute Gasteiger partial charge is 0.310 e. The molecule has 0 aliphatic rings. The summed E-state index contributed by atoms with van der Waals surface area (Å²) in [5.74, 6) is 0.408. The number of aryl methyl sites for hydroxylation is 2. The third-order valence-electron chi connectivity index (χ3n) is 3.54. The van der Waals surface area contributed by atoms with E-state index in [1.54, 1.807) is 0 Å². The smallest absolute Gasteiger partial charge is 0.0669 e. The van der Waals surface area contributed by atoms with E-state index < -0.39 is 0 Å². The molecule has 0 fully saturated rings. The van der Waals surface area contributed by atoms with E-state index in [0.717, 1.165) is 16.2 Å². The molecule has 0 N–H and O–H groups in total. The Morgan fingerprint density at radius 2 is 1.13 bits per heavy atom. The predicted octanol–water partition coefficient (Wildman–Crippen LogP) is 6.08. The van der Waals surface area contributed by atoms with E-state index in [9.17, 15) is 0 Å². The minimum Gasteiger partial charge on any atom is -0.310 e. The molecule has 2 aromatic rings. The summed E-state index contributed by atoms with van der Waals surface area (Å²) in [6.07, 6.45) is 1.04. The van der Waals surface area contributed by atoms with Crippen LogP contribution in [0, 0.1) is 19.8 Å². The zero-order chi connectivity index (χ0) is 16.5. The van der Waals surface area contributed by atoms with Crippen LogP contribution in [0.5, 0.6) is 0 Å². The molecule has 0 aromatic heterocycles. The molecule has 23 heavy (non-hydrogen) atoms. The van der Waals surface area contributed by atoms with Crippen molar-refractivity contribution in [1.29, 1.82) is 0 Å². The van der Waals surface area contributed by atoms with Gasteiger partial charge in [0, 0.05) is 39.8 Å². The molecule has 0 heterocycles. The van der Waals surface area contributed by atoms with Crippen LogP contribution in [0.1, 0.15) is 24.5 Å². The summed E-state index contributed by atoms with van der Waals surface area (Å²) in [6, 6.07) is 16.8. The Labute approximate surface area is 148 Å². The van der Waals surface area contributed by atoms with Gasteiger partial charge >= 0.3 is 0 Å². The summed E-state index contributed by atoms with van der Waals surface area (Å²) < 4.78 is 11.5. The second-order valence-corrected chi connectivity index (χ2v) is 7.38. The maximum Gasteiger partial charge on any atom is 0.0669 e. The molecular weight excluding hydrogens is 324 g/mol. The molecule has 0 unspecified atom stereocenters. The highest BCUT2D eigenvalue weighted by Gasteiger charge is 2.08. The Kier molecular flexibility index (Phi) is 8.03. The first-order valence-electron chi connectivity index (χ1n) is 7.89. The van der Waals surface area contributed by atoms with Gasteiger partial charge < -0.3 is 8.37 Å². The second kappa shape index (κ2) is 10.0. The van der Waals surface area contributed by atoms with Gasteiger partial charge in [0.2, 0.25) is 0 Å². The van der Waals surface area contributed by atoms with Gasteiger partial charge in [-0.15, -0.1) is 0 Å². The predicted molar refractivity (Wildman–Crippen MR) is 99.8 cm³/mol. The van der Waals surface area contributed by atoms with Crippen molar-refractivity contribution >= 4 is 24.1 Å². The fraction of sp³-hybridized carbons (Fsp3) is 0.368. The molecule has 0 atom stereocenters. The molecule has 0 radical (unpaired) electrons. The van der Waals surface area contributed by atoms with Crippen molar-refractivity contribution < 1.29 is 8.37 Å². The van der Waals surface area contributed by atoms with E-state index in [1.165, 1.54) is 35.2 Å². The van der Waals surface area contributed by atoms with Crippen LogP contribution in [0.15, 0.2) is 58.3 Å². The van der Waals surface area contributed by atoms with Gasteiger partial charge in [0.1, 0.15) is 0 Å². The zero-order valence-corrected chi connectivity index (χ0v) is 15.6. The first-order valence-corrected chi connectivity index (χ1v) is 9.38. The molecular formula is C19H24O2S2. The topological polar surface area (TPSA) is 18.5 Å². The Hall–Kier alpha value is -0.940.